The number of nitrogens with zero attached hydrogens (tertiary/aromatic N) is 1. The third-order valence-corrected chi connectivity index (χ3v) is 4.68. The number of benzene rings is 2. The molecular formula is C25H21ClN2O5. The monoisotopic (exact) mass is 464 g/mol. The van der Waals surface area contributed by atoms with Crippen molar-refractivity contribution in [2.45, 2.75) is 20.0 Å². The summed E-state index contributed by atoms with van der Waals surface area (Å²) in [5.74, 6) is -0.0880. The van der Waals surface area contributed by atoms with Crippen LogP contribution in [0.3, 0.4) is 0 Å². The molecule has 1 heterocycles. The van der Waals surface area contributed by atoms with Gasteiger partial charge in [0, 0.05) is 16.7 Å². The number of furan rings is 1. The molecule has 0 atom stereocenters. The van der Waals surface area contributed by atoms with Crippen LogP contribution < -0.4 is 10.1 Å². The topological polar surface area (TPSA) is 102 Å². The Labute approximate surface area is 196 Å². The average molecular weight is 465 g/mol. The number of para-hydroxylation sites is 2. The number of amides is 1. The van der Waals surface area contributed by atoms with Gasteiger partial charge in [0.15, 0.2) is 0 Å². The molecule has 168 valence electrons. The Balaban J connectivity index is 1.89. The van der Waals surface area contributed by atoms with E-state index in [1.165, 1.54) is 13.2 Å². The number of hydrogen-bond donors (Lipinski definition) is 1. The van der Waals surface area contributed by atoms with Gasteiger partial charge in [0.05, 0.1) is 24.5 Å². The lowest BCUT2D eigenvalue weighted by Crippen LogP contribution is -2.14. The second-order valence-corrected chi connectivity index (χ2v) is 7.61. The quantitative estimate of drug-likeness (QED) is 0.272. The number of carbonyl (C=O) groups is 2. The molecule has 0 radical (unpaired) electrons. The maximum Gasteiger partial charge on any atom is 0.339 e. The van der Waals surface area contributed by atoms with Crippen molar-refractivity contribution >= 4 is 35.2 Å². The molecule has 0 aliphatic rings. The van der Waals surface area contributed by atoms with Gasteiger partial charge in [0.25, 0.3) is 5.91 Å². The maximum atomic E-state index is 12.6. The minimum atomic E-state index is -0.621. The van der Waals surface area contributed by atoms with Crippen LogP contribution in [0.1, 0.15) is 30.0 Å². The molecule has 0 saturated carbocycles. The van der Waals surface area contributed by atoms with Crippen LogP contribution in [-0.4, -0.2) is 25.1 Å². The minimum Gasteiger partial charge on any atom is -0.495 e. The Hall–Kier alpha value is -4.02. The van der Waals surface area contributed by atoms with Gasteiger partial charge in [-0.2, -0.15) is 5.26 Å². The van der Waals surface area contributed by atoms with Crippen molar-refractivity contribution in [3.8, 4) is 23.1 Å². The van der Waals surface area contributed by atoms with E-state index in [1.54, 1.807) is 68.4 Å². The summed E-state index contributed by atoms with van der Waals surface area (Å²) in [6.45, 7) is 3.51. The highest BCUT2D eigenvalue weighted by Gasteiger charge is 2.19. The summed E-state index contributed by atoms with van der Waals surface area (Å²) in [4.78, 5) is 25.1. The fourth-order valence-corrected chi connectivity index (χ4v) is 3.15. The van der Waals surface area contributed by atoms with Gasteiger partial charge >= 0.3 is 5.97 Å². The summed E-state index contributed by atoms with van der Waals surface area (Å²) in [5, 5.41) is 12.5. The van der Waals surface area contributed by atoms with Crippen LogP contribution in [0, 0.1) is 11.3 Å². The molecule has 3 aromatic rings. The third kappa shape index (κ3) is 5.82. The van der Waals surface area contributed by atoms with E-state index in [2.05, 4.69) is 5.32 Å². The van der Waals surface area contributed by atoms with Gasteiger partial charge in [-0.25, -0.2) is 4.79 Å². The molecule has 0 spiro atoms. The predicted molar refractivity (Wildman–Crippen MR) is 125 cm³/mol. The summed E-state index contributed by atoms with van der Waals surface area (Å²) in [6.07, 6.45) is 1.02. The van der Waals surface area contributed by atoms with Crippen LogP contribution in [0.2, 0.25) is 5.02 Å². The molecule has 0 aliphatic carbocycles. The zero-order valence-electron chi connectivity index (χ0n) is 18.2. The molecule has 2 aromatic carbocycles. The smallest absolute Gasteiger partial charge is 0.339 e. The molecule has 0 saturated heterocycles. The first-order valence-corrected chi connectivity index (χ1v) is 10.4. The Morgan fingerprint density at radius 3 is 2.61 bits per heavy atom. The van der Waals surface area contributed by atoms with Crippen molar-refractivity contribution in [2.24, 2.45) is 0 Å². The van der Waals surface area contributed by atoms with E-state index < -0.39 is 11.9 Å². The second kappa shape index (κ2) is 10.5. The summed E-state index contributed by atoms with van der Waals surface area (Å²) in [7, 11) is 1.48. The lowest BCUT2D eigenvalue weighted by molar-refractivity contribution is -0.112. The summed E-state index contributed by atoms with van der Waals surface area (Å²) in [5.41, 5.74) is 0.975. The SMILES string of the molecule is COc1ccccc1NC(=O)/C(C#N)=C/c1ccc(-c2cc(Cl)ccc2C(=O)OC(C)C)o1. The fourth-order valence-electron chi connectivity index (χ4n) is 2.98. The molecule has 0 unspecified atom stereocenters. The number of ether oxygens (including phenoxy) is 2. The summed E-state index contributed by atoms with van der Waals surface area (Å²) < 4.78 is 16.3. The molecule has 3 rings (SSSR count). The Kier molecular flexibility index (Phi) is 7.54. The summed E-state index contributed by atoms with van der Waals surface area (Å²) >= 11 is 6.12. The molecular weight excluding hydrogens is 444 g/mol. The van der Waals surface area contributed by atoms with E-state index >= 15 is 0 Å². The van der Waals surface area contributed by atoms with E-state index in [9.17, 15) is 14.9 Å². The summed E-state index contributed by atoms with van der Waals surface area (Å²) in [6, 6.07) is 16.7. The maximum absolute atomic E-state index is 12.6. The van der Waals surface area contributed by atoms with Crippen LogP contribution in [-0.2, 0) is 9.53 Å². The van der Waals surface area contributed by atoms with E-state index in [-0.39, 0.29) is 23.0 Å². The highest BCUT2D eigenvalue weighted by molar-refractivity contribution is 6.31. The normalized spacial score (nSPS) is 11.1. The third-order valence-electron chi connectivity index (χ3n) is 4.44. The highest BCUT2D eigenvalue weighted by Crippen LogP contribution is 2.30. The second-order valence-electron chi connectivity index (χ2n) is 7.17. The standard InChI is InChI=1S/C25H21ClN2O5/c1-15(2)32-25(30)19-10-8-17(26)13-20(19)22-11-9-18(33-22)12-16(14-27)24(29)28-21-6-4-5-7-23(21)31-3/h4-13,15H,1-3H3,(H,28,29)/b16-12+. The molecule has 8 heteroatoms. The minimum absolute atomic E-state index is 0.174. The molecule has 0 fully saturated rings. The number of hydrogen-bond acceptors (Lipinski definition) is 6. The molecule has 1 amide bonds. The van der Waals surface area contributed by atoms with E-state index in [4.69, 9.17) is 25.5 Å². The lowest BCUT2D eigenvalue weighted by Gasteiger charge is -2.11. The first kappa shape index (κ1) is 23.6. The zero-order valence-corrected chi connectivity index (χ0v) is 19.0. The Bertz CT molecular complexity index is 1250. The van der Waals surface area contributed by atoms with Gasteiger partial charge in [-0.15, -0.1) is 0 Å². The van der Waals surface area contributed by atoms with Crippen LogP contribution >= 0.6 is 11.6 Å². The number of nitriles is 1. The van der Waals surface area contributed by atoms with Gasteiger partial charge in [-0.05, 0) is 56.3 Å². The van der Waals surface area contributed by atoms with Crippen molar-refractivity contribution in [2.75, 3.05) is 12.4 Å². The molecule has 0 aliphatic heterocycles. The number of nitrogens with one attached hydrogen (secondary N) is 1. The van der Waals surface area contributed by atoms with Crippen LogP contribution in [0.25, 0.3) is 17.4 Å². The molecule has 0 bridgehead atoms. The van der Waals surface area contributed by atoms with Crippen LogP contribution in [0.4, 0.5) is 5.69 Å². The van der Waals surface area contributed by atoms with Gasteiger partial charge in [-0.1, -0.05) is 23.7 Å². The van der Waals surface area contributed by atoms with E-state index in [0.29, 0.717) is 27.8 Å². The zero-order chi connectivity index (χ0) is 24.0. The van der Waals surface area contributed by atoms with E-state index in [0.717, 1.165) is 0 Å². The Morgan fingerprint density at radius 2 is 1.91 bits per heavy atom. The van der Waals surface area contributed by atoms with Crippen LogP contribution in [0.5, 0.6) is 5.75 Å². The van der Waals surface area contributed by atoms with Gasteiger partial charge in [0.1, 0.15) is 28.9 Å². The largest absolute Gasteiger partial charge is 0.495 e. The molecule has 7 nitrogen and oxygen atoms in total. The Morgan fingerprint density at radius 1 is 1.15 bits per heavy atom. The first-order valence-electron chi connectivity index (χ1n) is 9.99. The number of rotatable bonds is 7. The van der Waals surface area contributed by atoms with Gasteiger partial charge < -0.3 is 19.2 Å². The van der Waals surface area contributed by atoms with Crippen molar-refractivity contribution in [1.29, 1.82) is 5.26 Å². The predicted octanol–water partition coefficient (Wildman–Crippen LogP) is 5.72. The van der Waals surface area contributed by atoms with Crippen LogP contribution in [0.15, 0.2) is 64.6 Å². The lowest BCUT2D eigenvalue weighted by atomic mass is 10.1. The van der Waals surface area contributed by atoms with Crippen molar-refractivity contribution in [1.82, 2.24) is 0 Å². The van der Waals surface area contributed by atoms with Crippen molar-refractivity contribution in [3.05, 3.63) is 76.5 Å². The molecule has 33 heavy (non-hydrogen) atoms. The highest BCUT2D eigenvalue weighted by atomic mass is 35.5. The number of esters is 1. The van der Waals surface area contributed by atoms with Gasteiger partial charge in [-0.3, -0.25) is 4.79 Å². The first-order chi connectivity index (χ1) is 15.8. The molecule has 1 N–H and O–H groups in total. The van der Waals surface area contributed by atoms with Crippen molar-refractivity contribution in [3.63, 3.8) is 0 Å². The number of methoxy groups -OCH3 is 1. The average Bonchev–Trinajstić information content (AvgIpc) is 3.25. The number of halogens is 1. The van der Waals surface area contributed by atoms with Crippen molar-refractivity contribution < 1.29 is 23.5 Å². The number of carbonyl (C=O) groups excluding carboxylic acids is 2. The number of anilines is 1. The van der Waals surface area contributed by atoms with E-state index in [1.807, 2.05) is 6.07 Å². The molecule has 1 aromatic heterocycles. The fraction of sp³-hybridized carbons (Fsp3) is 0.160. The van der Waals surface area contributed by atoms with Gasteiger partial charge in [0.2, 0.25) is 0 Å².